The van der Waals surface area contributed by atoms with Crippen LogP contribution < -0.4 is 4.90 Å². The van der Waals surface area contributed by atoms with E-state index in [1.54, 1.807) is 12.1 Å². The molecule has 1 nitrogen and oxygen atoms in total. The van der Waals surface area contributed by atoms with Gasteiger partial charge in [0.2, 0.25) is 0 Å². The van der Waals surface area contributed by atoms with Crippen LogP contribution in [0.2, 0.25) is 0 Å². The van der Waals surface area contributed by atoms with E-state index >= 15 is 0 Å². The molecule has 0 aliphatic heterocycles. The number of hydrogen-bond donors (Lipinski definition) is 0. The highest BCUT2D eigenvalue weighted by Crippen LogP contribution is 2.30. The van der Waals surface area contributed by atoms with E-state index in [9.17, 15) is 13.2 Å². The van der Waals surface area contributed by atoms with Crippen LogP contribution in [0, 0.1) is 6.92 Å². The van der Waals surface area contributed by atoms with Gasteiger partial charge in [-0.25, -0.2) is 0 Å². The first-order chi connectivity index (χ1) is 6.82. The van der Waals surface area contributed by atoms with Crippen molar-refractivity contribution in [3.63, 3.8) is 0 Å². The van der Waals surface area contributed by atoms with Crippen LogP contribution in [-0.2, 0) is 0 Å². The SMILES string of the molecule is Cc1ccc(N(C(C)C)C(F)(F)F)cc1. The van der Waals surface area contributed by atoms with Crippen molar-refractivity contribution >= 4 is 5.69 Å². The Bertz CT molecular complexity index is 314. The molecule has 1 aromatic carbocycles. The Labute approximate surface area is 87.5 Å². The van der Waals surface area contributed by atoms with E-state index in [4.69, 9.17) is 0 Å². The van der Waals surface area contributed by atoms with E-state index in [1.807, 2.05) is 6.92 Å². The average molecular weight is 217 g/mol. The van der Waals surface area contributed by atoms with E-state index < -0.39 is 12.3 Å². The minimum absolute atomic E-state index is 0.183. The van der Waals surface area contributed by atoms with Gasteiger partial charge in [-0.1, -0.05) is 17.7 Å². The largest absolute Gasteiger partial charge is 0.485 e. The standard InChI is InChI=1S/C11H14F3N/c1-8(2)15(11(12,13)14)10-6-4-9(3)5-7-10/h4-8H,1-3H3. The summed E-state index contributed by atoms with van der Waals surface area (Å²) in [5.41, 5.74) is 1.13. The van der Waals surface area contributed by atoms with Gasteiger partial charge in [0.05, 0.1) is 0 Å². The highest BCUT2D eigenvalue weighted by molar-refractivity contribution is 5.49. The minimum Gasteiger partial charge on any atom is -0.282 e. The number of rotatable bonds is 2. The summed E-state index contributed by atoms with van der Waals surface area (Å²) in [5.74, 6) is 0. The molecule has 15 heavy (non-hydrogen) atoms. The summed E-state index contributed by atoms with van der Waals surface area (Å²) in [6.45, 7) is 4.89. The topological polar surface area (TPSA) is 3.24 Å². The molecule has 0 fully saturated rings. The van der Waals surface area contributed by atoms with Gasteiger partial charge < -0.3 is 0 Å². The molecule has 0 aliphatic carbocycles. The number of alkyl halides is 3. The maximum absolute atomic E-state index is 12.7. The lowest BCUT2D eigenvalue weighted by Crippen LogP contribution is -2.43. The van der Waals surface area contributed by atoms with Gasteiger partial charge in [0, 0.05) is 11.7 Å². The monoisotopic (exact) mass is 217 g/mol. The van der Waals surface area contributed by atoms with Crippen molar-refractivity contribution in [1.29, 1.82) is 0 Å². The number of hydrogen-bond acceptors (Lipinski definition) is 1. The highest BCUT2D eigenvalue weighted by atomic mass is 19.4. The van der Waals surface area contributed by atoms with Crippen molar-refractivity contribution < 1.29 is 13.2 Å². The van der Waals surface area contributed by atoms with Crippen LogP contribution in [-0.4, -0.2) is 12.3 Å². The summed E-state index contributed by atoms with van der Waals surface area (Å²) < 4.78 is 38.0. The van der Waals surface area contributed by atoms with Crippen LogP contribution in [0.1, 0.15) is 19.4 Å². The molecule has 1 aromatic rings. The molecule has 0 heterocycles. The van der Waals surface area contributed by atoms with Crippen molar-refractivity contribution in [3.8, 4) is 0 Å². The summed E-state index contributed by atoms with van der Waals surface area (Å²) in [6.07, 6.45) is -4.33. The lowest BCUT2D eigenvalue weighted by molar-refractivity contribution is -0.133. The van der Waals surface area contributed by atoms with Gasteiger partial charge in [-0.05, 0) is 32.9 Å². The third-order valence-corrected chi connectivity index (χ3v) is 2.10. The maximum Gasteiger partial charge on any atom is 0.485 e. The lowest BCUT2D eigenvalue weighted by Gasteiger charge is -2.30. The van der Waals surface area contributed by atoms with E-state index in [0.29, 0.717) is 4.90 Å². The van der Waals surface area contributed by atoms with Gasteiger partial charge in [0.15, 0.2) is 0 Å². The predicted molar refractivity (Wildman–Crippen MR) is 54.8 cm³/mol. The normalized spacial score (nSPS) is 11.9. The van der Waals surface area contributed by atoms with Gasteiger partial charge in [-0.15, -0.1) is 0 Å². The van der Waals surface area contributed by atoms with E-state index in [2.05, 4.69) is 0 Å². The van der Waals surface area contributed by atoms with Gasteiger partial charge in [-0.2, -0.15) is 13.2 Å². The molecule has 0 radical (unpaired) electrons. The number of nitrogens with zero attached hydrogens (tertiary/aromatic N) is 1. The zero-order valence-corrected chi connectivity index (χ0v) is 8.97. The molecular weight excluding hydrogens is 203 g/mol. The van der Waals surface area contributed by atoms with Crippen molar-refractivity contribution in [2.75, 3.05) is 4.90 Å². The van der Waals surface area contributed by atoms with E-state index in [-0.39, 0.29) is 5.69 Å². The van der Waals surface area contributed by atoms with Crippen LogP contribution in [0.25, 0.3) is 0 Å². The first-order valence-corrected chi connectivity index (χ1v) is 4.75. The highest BCUT2D eigenvalue weighted by Gasteiger charge is 2.39. The van der Waals surface area contributed by atoms with E-state index in [0.717, 1.165) is 5.56 Å². The second kappa shape index (κ2) is 4.13. The summed E-state index contributed by atoms with van der Waals surface area (Å²) in [7, 11) is 0. The van der Waals surface area contributed by atoms with Gasteiger partial charge in [0.1, 0.15) is 0 Å². The number of benzene rings is 1. The molecule has 0 N–H and O–H groups in total. The smallest absolute Gasteiger partial charge is 0.282 e. The van der Waals surface area contributed by atoms with Gasteiger partial charge >= 0.3 is 6.30 Å². The van der Waals surface area contributed by atoms with Gasteiger partial charge in [0.25, 0.3) is 0 Å². The number of aryl methyl sites for hydroxylation is 1. The minimum atomic E-state index is -4.33. The Morgan fingerprint density at radius 2 is 1.53 bits per heavy atom. The lowest BCUT2D eigenvalue weighted by atomic mass is 10.2. The summed E-state index contributed by atoms with van der Waals surface area (Å²) in [5, 5.41) is 0. The molecule has 0 saturated carbocycles. The van der Waals surface area contributed by atoms with E-state index in [1.165, 1.54) is 26.0 Å². The molecule has 0 aliphatic rings. The van der Waals surface area contributed by atoms with Crippen molar-refractivity contribution in [3.05, 3.63) is 29.8 Å². The molecular formula is C11H14F3N. The van der Waals surface area contributed by atoms with Crippen LogP contribution >= 0.6 is 0 Å². The third-order valence-electron chi connectivity index (χ3n) is 2.10. The fourth-order valence-electron chi connectivity index (χ4n) is 1.44. The molecule has 84 valence electrons. The Balaban J connectivity index is 3.05. The molecule has 0 spiro atoms. The molecule has 0 unspecified atom stereocenters. The Hall–Kier alpha value is -1.19. The van der Waals surface area contributed by atoms with Crippen LogP contribution in [0.3, 0.4) is 0 Å². The molecule has 0 amide bonds. The van der Waals surface area contributed by atoms with Crippen LogP contribution in [0.4, 0.5) is 18.9 Å². The molecule has 1 rings (SSSR count). The number of anilines is 1. The van der Waals surface area contributed by atoms with Gasteiger partial charge in [-0.3, -0.25) is 4.90 Å². The maximum atomic E-state index is 12.7. The molecule has 0 saturated heterocycles. The van der Waals surface area contributed by atoms with Crippen LogP contribution in [0.15, 0.2) is 24.3 Å². The number of halogens is 3. The Kier molecular flexibility index (Phi) is 3.27. The summed E-state index contributed by atoms with van der Waals surface area (Å²) in [6, 6.07) is 5.73. The quantitative estimate of drug-likeness (QED) is 0.682. The second-order valence-corrected chi connectivity index (χ2v) is 3.77. The van der Waals surface area contributed by atoms with Crippen LogP contribution in [0.5, 0.6) is 0 Å². The second-order valence-electron chi connectivity index (χ2n) is 3.77. The summed E-state index contributed by atoms with van der Waals surface area (Å²) >= 11 is 0. The average Bonchev–Trinajstić information content (AvgIpc) is 2.05. The van der Waals surface area contributed by atoms with Crippen molar-refractivity contribution in [1.82, 2.24) is 0 Å². The predicted octanol–water partition coefficient (Wildman–Crippen LogP) is 3.73. The zero-order chi connectivity index (χ0) is 11.6. The molecule has 4 heteroatoms. The first-order valence-electron chi connectivity index (χ1n) is 4.75. The molecule has 0 bridgehead atoms. The van der Waals surface area contributed by atoms with Crippen molar-refractivity contribution in [2.45, 2.75) is 33.1 Å². The third kappa shape index (κ3) is 2.88. The molecule has 0 aromatic heterocycles. The van der Waals surface area contributed by atoms with Crippen molar-refractivity contribution in [2.24, 2.45) is 0 Å². The molecule has 0 atom stereocenters. The first kappa shape index (κ1) is 11.9. The fraction of sp³-hybridized carbons (Fsp3) is 0.455. The Morgan fingerprint density at radius 3 is 1.87 bits per heavy atom. The Morgan fingerprint density at radius 1 is 1.07 bits per heavy atom. The fourth-order valence-corrected chi connectivity index (χ4v) is 1.44. The summed E-state index contributed by atoms with van der Waals surface area (Å²) in [4.78, 5) is 0.451. The zero-order valence-electron chi connectivity index (χ0n) is 8.97.